The number of fused-ring (bicyclic) bond motifs is 1. The molecule has 0 amide bonds. The Morgan fingerprint density at radius 1 is 1.15 bits per heavy atom. The number of hydrogen-bond donors (Lipinski definition) is 1. The lowest BCUT2D eigenvalue weighted by Crippen LogP contribution is -2.33. The first-order valence-electron chi connectivity index (χ1n) is 12.7. The third-order valence-electron chi connectivity index (χ3n) is 7.08. The molecule has 2 aromatic rings. The van der Waals surface area contributed by atoms with Gasteiger partial charge in [0.2, 0.25) is 0 Å². The van der Waals surface area contributed by atoms with Crippen molar-refractivity contribution in [2.45, 2.75) is 75.1 Å². The summed E-state index contributed by atoms with van der Waals surface area (Å²) in [6.07, 6.45) is 7.81. The van der Waals surface area contributed by atoms with Crippen LogP contribution >= 0.6 is 6.72 Å². The van der Waals surface area contributed by atoms with E-state index in [4.69, 9.17) is 45.3 Å². The molecule has 4 atom stereocenters. The lowest BCUT2D eigenvalue weighted by atomic mass is 9.95. The van der Waals surface area contributed by atoms with E-state index < -0.39 is 44.1 Å². The van der Waals surface area contributed by atoms with Crippen molar-refractivity contribution in [3.05, 3.63) is 36.6 Å². The summed E-state index contributed by atoms with van der Waals surface area (Å²) in [5, 5.41) is 0. The predicted molar refractivity (Wildman–Crippen MR) is 141 cm³/mol. The van der Waals surface area contributed by atoms with Gasteiger partial charge < -0.3 is 33.5 Å². The zero-order valence-corrected chi connectivity index (χ0v) is 23.4. The Morgan fingerprint density at radius 3 is 2.62 bits per heavy atom. The number of aromatic nitrogens is 4. The number of nitrogens with two attached hydrogens (primary N) is 1. The molecule has 0 radical (unpaired) electrons. The summed E-state index contributed by atoms with van der Waals surface area (Å²) < 4.78 is 66.4. The summed E-state index contributed by atoms with van der Waals surface area (Å²) in [5.41, 5.74) is 6.46. The van der Waals surface area contributed by atoms with Gasteiger partial charge in [-0.2, -0.15) is 0 Å². The number of ether oxygens (including phenoxy) is 3. The normalized spacial score (nSPS) is 30.3. The number of methoxy groups -OCH3 is 2. The van der Waals surface area contributed by atoms with Crippen molar-refractivity contribution in [2.75, 3.05) is 26.6 Å². The standard InChI is InChI=1S/C24H32F2N5O6PS/c1-32-15-3-7-17(8-4-15)36-38(39,37-18-9-5-16(33-2)6-10-18)34-12-19-24(25,26)11-20(35-19)31-14-30-21-22(27)28-13-29-23(21)31/h3-4,7,13-14,16-20H,5-6,8-12H2,1-2H3,(H2,27,28,29)/t16?,17?,18?,19-,20-,38?/m1/s1. The molecule has 0 bridgehead atoms. The van der Waals surface area contributed by atoms with Crippen molar-refractivity contribution in [3.63, 3.8) is 0 Å². The van der Waals surface area contributed by atoms with Crippen LogP contribution in [0.2, 0.25) is 0 Å². The molecule has 11 nitrogen and oxygen atoms in total. The van der Waals surface area contributed by atoms with Crippen molar-refractivity contribution < 1.29 is 36.6 Å². The number of imidazole rings is 1. The van der Waals surface area contributed by atoms with Crippen molar-refractivity contribution >= 4 is 35.5 Å². The number of rotatable bonds is 10. The highest BCUT2D eigenvalue weighted by Crippen LogP contribution is 2.55. The summed E-state index contributed by atoms with van der Waals surface area (Å²) in [5.74, 6) is -2.36. The molecule has 15 heteroatoms. The van der Waals surface area contributed by atoms with E-state index in [0.29, 0.717) is 36.2 Å². The minimum atomic E-state index is -3.45. The summed E-state index contributed by atoms with van der Waals surface area (Å²) in [4.78, 5) is 12.2. The van der Waals surface area contributed by atoms with Gasteiger partial charge in [0.1, 0.15) is 29.9 Å². The number of nitrogen functional groups attached to an aromatic ring is 1. The van der Waals surface area contributed by atoms with Crippen LogP contribution in [0.25, 0.3) is 11.2 Å². The molecule has 0 aromatic carbocycles. The number of alkyl halides is 2. The topological polar surface area (TPSA) is 125 Å². The molecule has 1 saturated carbocycles. The number of allylic oxidation sites excluding steroid dienone is 1. The molecule has 2 N–H and O–H groups in total. The molecule has 39 heavy (non-hydrogen) atoms. The number of halogens is 2. The molecule has 2 unspecified atom stereocenters. The fraction of sp³-hybridized carbons (Fsp3) is 0.625. The summed E-state index contributed by atoms with van der Waals surface area (Å²) in [6, 6.07) is 0. The SMILES string of the molecule is COC1=CCC(OP(=S)(OC[C@H]2O[C@@H](n3cnc4c(N)ncnc43)CC2(F)F)OC2CCC(OC)CC2)C=C1. The van der Waals surface area contributed by atoms with Crippen LogP contribution in [-0.4, -0.2) is 70.7 Å². The Morgan fingerprint density at radius 2 is 1.92 bits per heavy atom. The van der Waals surface area contributed by atoms with Crippen molar-refractivity contribution in [1.29, 1.82) is 0 Å². The fourth-order valence-corrected chi connectivity index (χ4v) is 7.32. The van der Waals surface area contributed by atoms with Crippen LogP contribution in [0.4, 0.5) is 14.6 Å². The van der Waals surface area contributed by atoms with Gasteiger partial charge >= 0.3 is 6.72 Å². The lowest BCUT2D eigenvalue weighted by Gasteiger charge is -2.33. The van der Waals surface area contributed by atoms with Gasteiger partial charge in [-0.1, -0.05) is 6.08 Å². The van der Waals surface area contributed by atoms with Crippen LogP contribution in [0.3, 0.4) is 0 Å². The van der Waals surface area contributed by atoms with Gasteiger partial charge in [-0.05, 0) is 56.1 Å². The van der Waals surface area contributed by atoms with Crippen molar-refractivity contribution in [1.82, 2.24) is 19.5 Å². The Hall–Kier alpha value is -2.06. The molecule has 0 spiro atoms. The van der Waals surface area contributed by atoms with E-state index in [2.05, 4.69) is 15.0 Å². The van der Waals surface area contributed by atoms with Crippen LogP contribution in [-0.2, 0) is 39.6 Å². The molecular formula is C24H32F2N5O6PS. The third kappa shape index (κ3) is 6.48. The van der Waals surface area contributed by atoms with E-state index >= 15 is 8.78 Å². The average molecular weight is 588 g/mol. The number of hydrogen-bond acceptors (Lipinski definition) is 11. The molecule has 2 aromatic heterocycles. The van der Waals surface area contributed by atoms with E-state index in [1.54, 1.807) is 26.4 Å². The second-order valence-electron chi connectivity index (χ2n) is 9.66. The first-order chi connectivity index (χ1) is 18.7. The minimum absolute atomic E-state index is 0.155. The maximum absolute atomic E-state index is 15.1. The Balaban J connectivity index is 1.28. The van der Waals surface area contributed by atoms with Gasteiger partial charge in [0.15, 0.2) is 11.5 Å². The summed E-state index contributed by atoms with van der Waals surface area (Å²) in [6.45, 7) is -3.95. The molecule has 1 saturated heterocycles. The van der Waals surface area contributed by atoms with Gasteiger partial charge in [-0.3, -0.25) is 4.57 Å². The Bertz CT molecular complexity index is 1270. The molecule has 3 heterocycles. The second-order valence-corrected chi connectivity index (χ2v) is 12.6. The van der Waals surface area contributed by atoms with Gasteiger partial charge in [0.05, 0.1) is 44.8 Å². The van der Waals surface area contributed by atoms with E-state index in [9.17, 15) is 0 Å². The van der Waals surface area contributed by atoms with Crippen LogP contribution in [0.15, 0.2) is 36.6 Å². The molecule has 214 valence electrons. The highest BCUT2D eigenvalue weighted by Gasteiger charge is 2.52. The quantitative estimate of drug-likeness (QED) is 0.397. The minimum Gasteiger partial charge on any atom is -0.497 e. The molecule has 2 aliphatic carbocycles. The van der Waals surface area contributed by atoms with Gasteiger partial charge in [-0.25, -0.2) is 23.7 Å². The maximum Gasteiger partial charge on any atom is 0.328 e. The zero-order valence-electron chi connectivity index (χ0n) is 21.7. The summed E-state index contributed by atoms with van der Waals surface area (Å²) in [7, 11) is 3.26. The van der Waals surface area contributed by atoms with Crippen LogP contribution in [0.1, 0.15) is 44.8 Å². The predicted octanol–water partition coefficient (Wildman–Crippen LogP) is 4.42. The lowest BCUT2D eigenvalue weighted by molar-refractivity contribution is -0.101. The van der Waals surface area contributed by atoms with Gasteiger partial charge in [0.25, 0.3) is 5.92 Å². The fourth-order valence-electron chi connectivity index (χ4n) is 4.88. The van der Waals surface area contributed by atoms with Crippen molar-refractivity contribution in [2.24, 2.45) is 0 Å². The van der Waals surface area contributed by atoms with Crippen LogP contribution in [0.5, 0.6) is 0 Å². The Labute approximate surface area is 229 Å². The molecule has 3 aliphatic rings. The van der Waals surface area contributed by atoms with E-state index in [1.807, 2.05) is 6.08 Å². The second kappa shape index (κ2) is 11.8. The average Bonchev–Trinajstić information content (AvgIpc) is 3.49. The molecule has 5 rings (SSSR count). The smallest absolute Gasteiger partial charge is 0.328 e. The Kier molecular flexibility index (Phi) is 8.62. The monoisotopic (exact) mass is 587 g/mol. The molecule has 2 fully saturated rings. The molecule has 1 aliphatic heterocycles. The third-order valence-corrected chi connectivity index (χ3v) is 9.46. The molecular weight excluding hydrogens is 555 g/mol. The first kappa shape index (κ1) is 28.5. The highest BCUT2D eigenvalue weighted by atomic mass is 32.5. The van der Waals surface area contributed by atoms with Crippen LogP contribution in [0, 0.1) is 0 Å². The van der Waals surface area contributed by atoms with E-state index in [-0.39, 0.29) is 18.0 Å². The van der Waals surface area contributed by atoms with Gasteiger partial charge in [-0.15, -0.1) is 0 Å². The van der Waals surface area contributed by atoms with E-state index in [0.717, 1.165) is 12.8 Å². The van der Waals surface area contributed by atoms with Gasteiger partial charge in [0, 0.05) is 7.11 Å². The number of anilines is 1. The van der Waals surface area contributed by atoms with E-state index in [1.165, 1.54) is 17.2 Å². The van der Waals surface area contributed by atoms with Crippen LogP contribution < -0.4 is 5.73 Å². The summed E-state index contributed by atoms with van der Waals surface area (Å²) >= 11 is 5.76. The first-order valence-corrected chi connectivity index (χ1v) is 15.3. The van der Waals surface area contributed by atoms with Crippen molar-refractivity contribution in [3.8, 4) is 0 Å². The zero-order chi connectivity index (χ0) is 27.6. The largest absolute Gasteiger partial charge is 0.497 e. The highest BCUT2D eigenvalue weighted by molar-refractivity contribution is 8.07. The number of nitrogens with zero attached hydrogens (tertiary/aromatic N) is 4. The maximum atomic E-state index is 15.1.